The average Bonchev–Trinajstić information content (AvgIpc) is 3.15. The third-order valence-electron chi connectivity index (χ3n) is 4.79. The van der Waals surface area contributed by atoms with E-state index in [1.54, 1.807) is 11.3 Å². The van der Waals surface area contributed by atoms with Gasteiger partial charge in [-0.15, -0.1) is 11.3 Å². The summed E-state index contributed by atoms with van der Waals surface area (Å²) in [6, 6.07) is 9.44. The Bertz CT molecular complexity index is 838. The zero-order valence-corrected chi connectivity index (χ0v) is 18.5. The van der Waals surface area contributed by atoms with E-state index in [2.05, 4.69) is 11.4 Å². The predicted octanol–water partition coefficient (Wildman–Crippen LogP) is 4.92. The molecule has 0 radical (unpaired) electrons. The first-order chi connectivity index (χ1) is 13.4. The van der Waals surface area contributed by atoms with Crippen LogP contribution in [0.4, 0.5) is 0 Å². The van der Waals surface area contributed by atoms with Crippen LogP contribution in [-0.4, -0.2) is 46.1 Å². The fourth-order valence-corrected chi connectivity index (χ4v) is 4.82. The minimum absolute atomic E-state index is 0.0355. The number of benzene rings is 1. The van der Waals surface area contributed by atoms with Crippen LogP contribution < -0.4 is 0 Å². The minimum atomic E-state index is -1.17. The molecule has 1 aromatic heterocycles. The van der Waals surface area contributed by atoms with Gasteiger partial charge < -0.3 is 9.80 Å². The molecule has 0 saturated heterocycles. The third kappa shape index (κ3) is 4.65. The molecule has 28 heavy (non-hydrogen) atoms. The molecule has 1 unspecified atom stereocenters. The second kappa shape index (κ2) is 9.49. The maximum Gasteiger partial charge on any atom is 0.256 e. The number of alkyl halides is 2. The minimum Gasteiger partial charge on any atom is -0.331 e. The van der Waals surface area contributed by atoms with Crippen molar-refractivity contribution in [3.63, 3.8) is 0 Å². The lowest BCUT2D eigenvalue weighted by Gasteiger charge is -2.37. The number of rotatable bonds is 6. The van der Waals surface area contributed by atoms with Crippen LogP contribution in [0.3, 0.4) is 0 Å². The fraction of sp³-hybridized carbons (Fsp3) is 0.400. The number of nitrogens with zero attached hydrogens (tertiary/aromatic N) is 2. The second-order valence-corrected chi connectivity index (χ2v) is 9.18. The van der Waals surface area contributed by atoms with E-state index in [1.165, 1.54) is 9.78 Å². The molecule has 2 heterocycles. The first-order valence-electron chi connectivity index (χ1n) is 9.10. The molecule has 0 N–H and O–H groups in total. The van der Waals surface area contributed by atoms with Gasteiger partial charge in [-0.3, -0.25) is 9.59 Å². The standard InChI is InChI=1S/C20H21Cl3N2O2S/c1-2-9-24(20(27)19(22)23)12-17(26)25-10-7-16-15(8-11-28-16)18(25)13-3-5-14(21)6-4-13/h3-6,8,11,18-19H,2,7,9-10,12H2,1H3. The molecule has 8 heteroatoms. The van der Waals surface area contributed by atoms with E-state index in [-0.39, 0.29) is 18.5 Å². The fourth-order valence-electron chi connectivity index (χ4n) is 3.52. The first-order valence-corrected chi connectivity index (χ1v) is 11.2. The predicted molar refractivity (Wildman–Crippen MR) is 115 cm³/mol. The topological polar surface area (TPSA) is 40.6 Å². The molecule has 3 rings (SSSR count). The van der Waals surface area contributed by atoms with Crippen molar-refractivity contribution in [2.75, 3.05) is 19.6 Å². The van der Waals surface area contributed by atoms with E-state index in [0.717, 1.165) is 24.0 Å². The zero-order chi connectivity index (χ0) is 20.3. The van der Waals surface area contributed by atoms with Gasteiger partial charge in [0.2, 0.25) is 5.91 Å². The lowest BCUT2D eigenvalue weighted by atomic mass is 9.93. The van der Waals surface area contributed by atoms with E-state index < -0.39 is 10.7 Å². The Balaban J connectivity index is 1.89. The van der Waals surface area contributed by atoms with Gasteiger partial charge in [0.05, 0.1) is 12.6 Å². The van der Waals surface area contributed by atoms with Gasteiger partial charge in [-0.25, -0.2) is 0 Å². The van der Waals surface area contributed by atoms with Crippen molar-refractivity contribution in [2.24, 2.45) is 0 Å². The van der Waals surface area contributed by atoms with Crippen molar-refractivity contribution in [3.05, 3.63) is 56.7 Å². The summed E-state index contributed by atoms with van der Waals surface area (Å²) in [6.45, 7) is 2.94. The highest BCUT2D eigenvalue weighted by Gasteiger charge is 2.34. The molecule has 150 valence electrons. The molecular weight excluding hydrogens is 439 g/mol. The molecule has 0 aliphatic carbocycles. The third-order valence-corrected chi connectivity index (χ3v) is 6.41. The van der Waals surface area contributed by atoms with Gasteiger partial charge in [-0.05, 0) is 47.5 Å². The molecule has 2 amide bonds. The van der Waals surface area contributed by atoms with Gasteiger partial charge in [0.15, 0.2) is 4.84 Å². The molecule has 0 fully saturated rings. The Morgan fingerprint density at radius 2 is 1.96 bits per heavy atom. The lowest BCUT2D eigenvalue weighted by molar-refractivity contribution is -0.141. The average molecular weight is 460 g/mol. The van der Waals surface area contributed by atoms with Gasteiger partial charge in [0, 0.05) is 23.0 Å². The molecule has 1 aliphatic rings. The van der Waals surface area contributed by atoms with Crippen LogP contribution in [-0.2, 0) is 16.0 Å². The highest BCUT2D eigenvalue weighted by atomic mass is 35.5. The Kier molecular flexibility index (Phi) is 7.26. The number of fused-ring (bicyclic) bond motifs is 1. The van der Waals surface area contributed by atoms with Crippen LogP contribution >= 0.6 is 46.1 Å². The van der Waals surface area contributed by atoms with Crippen LogP contribution in [0.1, 0.15) is 35.4 Å². The summed E-state index contributed by atoms with van der Waals surface area (Å²) >= 11 is 19.3. The van der Waals surface area contributed by atoms with Crippen LogP contribution in [0, 0.1) is 0 Å². The lowest BCUT2D eigenvalue weighted by Crippen LogP contribution is -2.47. The number of amides is 2. The van der Waals surface area contributed by atoms with Gasteiger partial charge in [-0.1, -0.05) is 53.9 Å². The largest absolute Gasteiger partial charge is 0.331 e. The summed E-state index contributed by atoms with van der Waals surface area (Å²) in [5.41, 5.74) is 2.13. The van der Waals surface area contributed by atoms with Crippen LogP contribution in [0.25, 0.3) is 0 Å². The molecule has 0 saturated carbocycles. The summed E-state index contributed by atoms with van der Waals surface area (Å²) < 4.78 is 0. The second-order valence-electron chi connectivity index (χ2n) is 6.65. The number of hydrogen-bond acceptors (Lipinski definition) is 3. The van der Waals surface area contributed by atoms with Crippen molar-refractivity contribution in [1.82, 2.24) is 9.80 Å². The number of thiophene rings is 1. The zero-order valence-electron chi connectivity index (χ0n) is 15.4. The van der Waals surface area contributed by atoms with Gasteiger partial charge >= 0.3 is 0 Å². The Labute approximate surface area is 184 Å². The molecule has 0 bridgehead atoms. The SMILES string of the molecule is CCCN(CC(=O)N1CCc2sccc2C1c1ccc(Cl)cc1)C(=O)C(Cl)Cl. The van der Waals surface area contributed by atoms with Crippen molar-refractivity contribution >= 4 is 58.0 Å². The van der Waals surface area contributed by atoms with Crippen LogP contribution in [0.2, 0.25) is 5.02 Å². The summed E-state index contributed by atoms with van der Waals surface area (Å²) in [4.78, 5) is 28.9. The molecule has 1 atom stereocenters. The smallest absolute Gasteiger partial charge is 0.256 e. The highest BCUT2D eigenvalue weighted by Crippen LogP contribution is 2.38. The van der Waals surface area contributed by atoms with Gasteiger partial charge in [0.25, 0.3) is 5.91 Å². The normalized spacial score (nSPS) is 16.2. The molecule has 4 nitrogen and oxygen atoms in total. The summed E-state index contributed by atoms with van der Waals surface area (Å²) in [5, 5.41) is 2.71. The monoisotopic (exact) mass is 458 g/mol. The molecule has 0 spiro atoms. The number of carbonyl (C=O) groups is 2. The number of halogens is 3. The number of hydrogen-bond donors (Lipinski definition) is 0. The van der Waals surface area contributed by atoms with Crippen LogP contribution in [0.15, 0.2) is 35.7 Å². The van der Waals surface area contributed by atoms with Crippen molar-refractivity contribution in [1.29, 1.82) is 0 Å². The summed E-state index contributed by atoms with van der Waals surface area (Å²) in [6.07, 6.45) is 1.52. The highest BCUT2D eigenvalue weighted by molar-refractivity contribution is 7.10. The first kappa shape index (κ1) is 21.4. The van der Waals surface area contributed by atoms with E-state index in [9.17, 15) is 9.59 Å². The summed E-state index contributed by atoms with van der Waals surface area (Å²) in [7, 11) is 0. The summed E-state index contributed by atoms with van der Waals surface area (Å²) in [5.74, 6) is -0.553. The molecule has 2 aromatic rings. The number of carbonyl (C=O) groups excluding carboxylic acids is 2. The van der Waals surface area contributed by atoms with Crippen LogP contribution in [0.5, 0.6) is 0 Å². The van der Waals surface area contributed by atoms with E-state index in [0.29, 0.717) is 18.1 Å². The van der Waals surface area contributed by atoms with E-state index in [4.69, 9.17) is 34.8 Å². The maximum absolute atomic E-state index is 13.2. The Hall–Kier alpha value is -1.27. The maximum atomic E-state index is 13.2. The molecule has 1 aliphatic heterocycles. The van der Waals surface area contributed by atoms with E-state index >= 15 is 0 Å². The van der Waals surface area contributed by atoms with Crippen molar-refractivity contribution in [2.45, 2.75) is 30.6 Å². The van der Waals surface area contributed by atoms with Crippen molar-refractivity contribution in [3.8, 4) is 0 Å². The van der Waals surface area contributed by atoms with Crippen molar-refractivity contribution < 1.29 is 9.59 Å². The molecule has 1 aromatic carbocycles. The van der Waals surface area contributed by atoms with Gasteiger partial charge in [0.1, 0.15) is 0 Å². The Morgan fingerprint density at radius 3 is 2.61 bits per heavy atom. The molecular formula is C20H21Cl3N2O2S. The van der Waals surface area contributed by atoms with E-state index in [1.807, 2.05) is 36.1 Å². The quantitative estimate of drug-likeness (QED) is 0.575. The Morgan fingerprint density at radius 1 is 1.25 bits per heavy atom. The van der Waals surface area contributed by atoms with Gasteiger partial charge in [-0.2, -0.15) is 0 Å².